The molecule has 0 aromatic rings. The van der Waals surface area contributed by atoms with Crippen molar-refractivity contribution in [2.75, 3.05) is 39.8 Å². The lowest BCUT2D eigenvalue weighted by molar-refractivity contribution is -0.197. The number of imide groups is 1. The van der Waals surface area contributed by atoms with Crippen molar-refractivity contribution in [3.63, 3.8) is 0 Å². The average molecular weight is 283 g/mol. The molecule has 112 valence electrons. The van der Waals surface area contributed by atoms with Crippen LogP contribution in [0.25, 0.3) is 0 Å². The first kappa shape index (κ1) is 14.9. The molecule has 0 N–H and O–H groups in total. The van der Waals surface area contributed by atoms with Crippen LogP contribution in [0.3, 0.4) is 0 Å². The molecule has 0 saturated carbocycles. The Kier molecular flexibility index (Phi) is 5.08. The van der Waals surface area contributed by atoms with Gasteiger partial charge < -0.3 is 14.6 Å². The van der Waals surface area contributed by atoms with Gasteiger partial charge in [0.1, 0.15) is 0 Å². The van der Waals surface area contributed by atoms with Gasteiger partial charge in [-0.05, 0) is 20.0 Å². The molecule has 2 rings (SSSR count). The highest BCUT2D eigenvalue weighted by atomic mass is 16.7. The van der Waals surface area contributed by atoms with E-state index in [1.165, 1.54) is 0 Å². The molecule has 0 aliphatic carbocycles. The van der Waals surface area contributed by atoms with E-state index in [9.17, 15) is 14.4 Å². The van der Waals surface area contributed by atoms with Crippen molar-refractivity contribution < 1.29 is 19.2 Å². The van der Waals surface area contributed by atoms with Crippen LogP contribution in [0.2, 0.25) is 0 Å². The summed E-state index contributed by atoms with van der Waals surface area (Å²) in [7, 11) is 2.10. The minimum absolute atomic E-state index is 0.132. The SMILES string of the molecule is CN1CCN(CCCC(=O)ON2C(=O)CCC2=O)CC1. The highest BCUT2D eigenvalue weighted by molar-refractivity contribution is 6.01. The smallest absolute Gasteiger partial charge is 0.330 e. The van der Waals surface area contributed by atoms with E-state index in [1.807, 2.05) is 0 Å². The number of hydroxylamine groups is 2. The van der Waals surface area contributed by atoms with Gasteiger partial charge in [-0.25, -0.2) is 4.79 Å². The molecule has 20 heavy (non-hydrogen) atoms. The molecular weight excluding hydrogens is 262 g/mol. The number of hydrogen-bond donors (Lipinski definition) is 0. The lowest BCUT2D eigenvalue weighted by Gasteiger charge is -2.32. The van der Waals surface area contributed by atoms with E-state index in [0.29, 0.717) is 11.5 Å². The van der Waals surface area contributed by atoms with Crippen molar-refractivity contribution in [3.8, 4) is 0 Å². The zero-order valence-electron chi connectivity index (χ0n) is 11.8. The lowest BCUT2D eigenvalue weighted by Crippen LogP contribution is -2.44. The van der Waals surface area contributed by atoms with Crippen LogP contribution in [-0.4, -0.2) is 72.4 Å². The van der Waals surface area contributed by atoms with Crippen LogP contribution in [0.5, 0.6) is 0 Å². The molecule has 0 aromatic carbocycles. The molecule has 2 aliphatic heterocycles. The molecular formula is C13H21N3O4. The summed E-state index contributed by atoms with van der Waals surface area (Å²) >= 11 is 0. The monoisotopic (exact) mass is 283 g/mol. The van der Waals surface area contributed by atoms with Crippen LogP contribution in [0.15, 0.2) is 0 Å². The second kappa shape index (κ2) is 6.81. The third-order valence-corrected chi connectivity index (χ3v) is 3.65. The standard InChI is InChI=1S/C13H21N3O4/c1-14-7-9-15(10-8-14)6-2-3-13(19)20-16-11(17)4-5-12(16)18/h2-10H2,1H3. The number of hydrogen-bond acceptors (Lipinski definition) is 6. The fraction of sp³-hybridized carbons (Fsp3) is 0.769. The summed E-state index contributed by atoms with van der Waals surface area (Å²) in [4.78, 5) is 43.6. The van der Waals surface area contributed by atoms with Crippen LogP contribution in [-0.2, 0) is 19.2 Å². The van der Waals surface area contributed by atoms with Gasteiger partial charge in [0.05, 0.1) is 0 Å². The third-order valence-electron chi connectivity index (χ3n) is 3.65. The zero-order valence-corrected chi connectivity index (χ0v) is 11.8. The number of carbonyl (C=O) groups is 3. The Balaban J connectivity index is 1.63. The van der Waals surface area contributed by atoms with Gasteiger partial charge in [-0.2, -0.15) is 0 Å². The topological polar surface area (TPSA) is 70.2 Å². The number of nitrogens with zero attached hydrogens (tertiary/aromatic N) is 3. The van der Waals surface area contributed by atoms with E-state index < -0.39 is 17.8 Å². The maximum atomic E-state index is 11.6. The van der Waals surface area contributed by atoms with Crippen molar-refractivity contribution in [1.82, 2.24) is 14.9 Å². The molecule has 2 fully saturated rings. The Labute approximate surface area is 118 Å². The maximum absolute atomic E-state index is 11.6. The first-order valence-electron chi connectivity index (χ1n) is 7.04. The molecule has 0 unspecified atom stereocenters. The van der Waals surface area contributed by atoms with Crippen molar-refractivity contribution >= 4 is 17.8 Å². The minimum atomic E-state index is -0.511. The molecule has 0 spiro atoms. The second-order valence-corrected chi connectivity index (χ2v) is 5.29. The first-order valence-corrected chi connectivity index (χ1v) is 7.04. The highest BCUT2D eigenvalue weighted by Gasteiger charge is 2.32. The number of likely N-dealkylation sites (N-methyl/N-ethyl adjacent to an activating group) is 1. The molecule has 2 aliphatic rings. The fourth-order valence-electron chi connectivity index (χ4n) is 2.32. The van der Waals surface area contributed by atoms with Gasteiger partial charge in [0.15, 0.2) is 0 Å². The quantitative estimate of drug-likeness (QED) is 0.641. The summed E-state index contributed by atoms with van der Waals surface area (Å²) in [6.45, 7) is 4.94. The summed E-state index contributed by atoms with van der Waals surface area (Å²) in [5.74, 6) is -1.37. The Morgan fingerprint density at radius 1 is 1.10 bits per heavy atom. The van der Waals surface area contributed by atoms with Crippen LogP contribution in [0.4, 0.5) is 0 Å². The molecule has 0 radical (unpaired) electrons. The molecule has 2 saturated heterocycles. The first-order chi connectivity index (χ1) is 9.56. The predicted octanol–water partition coefficient (Wildman–Crippen LogP) is -0.379. The highest BCUT2D eigenvalue weighted by Crippen LogP contribution is 2.13. The Morgan fingerprint density at radius 2 is 1.70 bits per heavy atom. The van der Waals surface area contributed by atoms with Crippen LogP contribution in [0.1, 0.15) is 25.7 Å². The van der Waals surface area contributed by atoms with Gasteiger partial charge in [-0.15, -0.1) is 5.06 Å². The Morgan fingerprint density at radius 3 is 2.30 bits per heavy atom. The molecule has 0 aromatic heterocycles. The van der Waals surface area contributed by atoms with E-state index >= 15 is 0 Å². The van der Waals surface area contributed by atoms with Crippen molar-refractivity contribution in [3.05, 3.63) is 0 Å². The normalized spacial score (nSPS) is 21.6. The largest absolute Gasteiger partial charge is 0.333 e. The van der Waals surface area contributed by atoms with Crippen LogP contribution >= 0.6 is 0 Å². The van der Waals surface area contributed by atoms with Gasteiger partial charge in [0.2, 0.25) is 0 Å². The number of rotatable bonds is 5. The second-order valence-electron chi connectivity index (χ2n) is 5.29. The maximum Gasteiger partial charge on any atom is 0.333 e. The van der Waals surface area contributed by atoms with Crippen molar-refractivity contribution in [1.29, 1.82) is 0 Å². The Hall–Kier alpha value is -1.47. The zero-order chi connectivity index (χ0) is 14.5. The van der Waals surface area contributed by atoms with Gasteiger partial charge >= 0.3 is 5.97 Å². The van der Waals surface area contributed by atoms with Gasteiger partial charge in [0, 0.05) is 45.4 Å². The summed E-state index contributed by atoms with van der Waals surface area (Å²) in [5.41, 5.74) is 0. The van der Waals surface area contributed by atoms with E-state index in [4.69, 9.17) is 4.84 Å². The van der Waals surface area contributed by atoms with Gasteiger partial charge in [-0.3, -0.25) is 9.59 Å². The van der Waals surface area contributed by atoms with E-state index in [-0.39, 0.29) is 19.3 Å². The average Bonchev–Trinajstić information content (AvgIpc) is 2.73. The summed E-state index contributed by atoms with van der Waals surface area (Å²) in [6, 6.07) is 0. The van der Waals surface area contributed by atoms with Crippen LogP contribution < -0.4 is 0 Å². The summed E-state index contributed by atoms with van der Waals surface area (Å²) in [5, 5.41) is 0.609. The number of piperazine rings is 1. The minimum Gasteiger partial charge on any atom is -0.330 e. The summed E-state index contributed by atoms with van der Waals surface area (Å²) in [6.07, 6.45) is 1.17. The molecule has 2 amide bonds. The molecule has 0 bridgehead atoms. The molecule has 0 atom stereocenters. The molecule has 7 nitrogen and oxygen atoms in total. The van der Waals surface area contributed by atoms with Crippen LogP contribution in [0, 0.1) is 0 Å². The summed E-state index contributed by atoms with van der Waals surface area (Å²) < 4.78 is 0. The lowest BCUT2D eigenvalue weighted by atomic mass is 10.2. The Bertz CT molecular complexity index is 375. The third kappa shape index (κ3) is 4.01. The van der Waals surface area contributed by atoms with Crippen molar-refractivity contribution in [2.24, 2.45) is 0 Å². The van der Waals surface area contributed by atoms with E-state index in [2.05, 4.69) is 16.8 Å². The molecule has 7 heteroatoms. The van der Waals surface area contributed by atoms with E-state index in [1.54, 1.807) is 0 Å². The fourth-order valence-corrected chi connectivity index (χ4v) is 2.32. The predicted molar refractivity (Wildman–Crippen MR) is 70.4 cm³/mol. The molecule has 2 heterocycles. The van der Waals surface area contributed by atoms with Gasteiger partial charge in [0.25, 0.3) is 11.8 Å². The van der Waals surface area contributed by atoms with E-state index in [0.717, 1.165) is 32.7 Å². The number of carbonyl (C=O) groups excluding carboxylic acids is 3. The van der Waals surface area contributed by atoms with Crippen molar-refractivity contribution in [2.45, 2.75) is 25.7 Å². The number of amides is 2. The van der Waals surface area contributed by atoms with Gasteiger partial charge in [-0.1, -0.05) is 0 Å².